The molecule has 1 spiro atoms. The summed E-state index contributed by atoms with van der Waals surface area (Å²) < 4.78 is 15.7. The van der Waals surface area contributed by atoms with Crippen molar-refractivity contribution in [1.29, 1.82) is 0 Å². The summed E-state index contributed by atoms with van der Waals surface area (Å²) in [6.45, 7) is 0. The molecule has 100 valence electrons. The Morgan fingerprint density at radius 2 is 1.75 bits per heavy atom. The molecule has 3 aromatic rings. The van der Waals surface area contributed by atoms with Crippen LogP contribution >= 0.6 is 23.1 Å². The molecular formula is C16H12OS3. The SMILES string of the molecule is O=S1c2cccc3sc4cccc(c4c23)SC12CCC2. The Bertz CT molecular complexity index is 889. The number of rotatable bonds is 0. The van der Waals surface area contributed by atoms with E-state index in [0.29, 0.717) is 0 Å². The van der Waals surface area contributed by atoms with Crippen LogP contribution in [0.2, 0.25) is 0 Å². The first-order chi connectivity index (χ1) is 9.78. The van der Waals surface area contributed by atoms with Gasteiger partial charge in [-0.3, -0.25) is 4.21 Å². The minimum atomic E-state index is -0.903. The fourth-order valence-electron chi connectivity index (χ4n) is 3.23. The van der Waals surface area contributed by atoms with Gasteiger partial charge in [-0.05, 0) is 43.5 Å². The van der Waals surface area contributed by atoms with Crippen LogP contribution in [0.3, 0.4) is 0 Å². The molecule has 1 fully saturated rings. The highest BCUT2D eigenvalue weighted by Gasteiger charge is 2.46. The third-order valence-corrected chi connectivity index (χ3v) is 9.38. The van der Waals surface area contributed by atoms with Crippen molar-refractivity contribution >= 4 is 54.1 Å². The average Bonchev–Trinajstić information content (AvgIpc) is 2.75. The Hall–Kier alpha value is -0.840. The van der Waals surface area contributed by atoms with Crippen molar-refractivity contribution in [1.82, 2.24) is 0 Å². The van der Waals surface area contributed by atoms with Gasteiger partial charge in [0.2, 0.25) is 0 Å². The van der Waals surface area contributed by atoms with E-state index in [-0.39, 0.29) is 4.08 Å². The monoisotopic (exact) mass is 316 g/mol. The molecule has 1 unspecified atom stereocenters. The van der Waals surface area contributed by atoms with E-state index in [0.717, 1.165) is 17.7 Å². The summed E-state index contributed by atoms with van der Waals surface area (Å²) in [5, 5.41) is 2.59. The standard InChI is InChI=1S/C16H12OS3/c17-20-13-7-2-5-11-15(13)14-10(18-11)4-1-6-12(14)19-16(20)8-3-9-16/h1-2,4-7H,3,8-9H2. The minimum absolute atomic E-state index is 0.0702. The second-order valence-electron chi connectivity index (χ2n) is 5.50. The second kappa shape index (κ2) is 3.87. The zero-order chi connectivity index (χ0) is 13.3. The molecular weight excluding hydrogens is 304 g/mol. The van der Waals surface area contributed by atoms with E-state index in [1.54, 1.807) is 0 Å². The first kappa shape index (κ1) is 11.8. The fourth-order valence-corrected chi connectivity index (χ4v) is 8.38. The quantitative estimate of drug-likeness (QED) is 0.570. The molecule has 1 saturated carbocycles. The van der Waals surface area contributed by atoms with Crippen molar-refractivity contribution < 1.29 is 4.21 Å². The molecule has 1 aromatic heterocycles. The molecule has 20 heavy (non-hydrogen) atoms. The topological polar surface area (TPSA) is 17.1 Å². The predicted octanol–water partition coefficient (Wildman–Crippen LogP) is 5.15. The Morgan fingerprint density at radius 1 is 1.00 bits per heavy atom. The van der Waals surface area contributed by atoms with Crippen LogP contribution in [-0.2, 0) is 10.8 Å². The maximum atomic E-state index is 13.2. The third kappa shape index (κ3) is 1.32. The Labute approximate surface area is 127 Å². The van der Waals surface area contributed by atoms with Crippen LogP contribution in [0, 0.1) is 0 Å². The predicted molar refractivity (Wildman–Crippen MR) is 88.2 cm³/mol. The molecule has 0 radical (unpaired) electrons. The highest BCUT2D eigenvalue weighted by molar-refractivity contribution is 8.13. The number of thioether (sulfide) groups is 1. The van der Waals surface area contributed by atoms with E-state index < -0.39 is 10.8 Å². The van der Waals surface area contributed by atoms with Crippen LogP contribution in [0.4, 0.5) is 0 Å². The molecule has 0 bridgehead atoms. The van der Waals surface area contributed by atoms with Crippen LogP contribution < -0.4 is 0 Å². The van der Waals surface area contributed by atoms with Gasteiger partial charge in [-0.2, -0.15) is 0 Å². The minimum Gasteiger partial charge on any atom is -0.253 e. The van der Waals surface area contributed by atoms with E-state index in [4.69, 9.17) is 0 Å². The largest absolute Gasteiger partial charge is 0.253 e. The zero-order valence-corrected chi connectivity index (χ0v) is 13.2. The van der Waals surface area contributed by atoms with Crippen LogP contribution in [0.25, 0.3) is 20.2 Å². The molecule has 2 heterocycles. The molecule has 0 saturated heterocycles. The molecule has 2 aliphatic rings. The molecule has 5 rings (SSSR count). The van der Waals surface area contributed by atoms with Gasteiger partial charge in [-0.25, -0.2) is 0 Å². The smallest absolute Gasteiger partial charge is 0.100 e. The molecule has 1 nitrogen and oxygen atoms in total. The lowest BCUT2D eigenvalue weighted by Gasteiger charge is -2.39. The van der Waals surface area contributed by atoms with Crippen molar-refractivity contribution in [3.63, 3.8) is 0 Å². The maximum absolute atomic E-state index is 13.2. The van der Waals surface area contributed by atoms with E-state index >= 15 is 0 Å². The van der Waals surface area contributed by atoms with Gasteiger partial charge in [0.1, 0.15) is 4.08 Å². The molecule has 1 atom stereocenters. The van der Waals surface area contributed by atoms with Gasteiger partial charge in [0.15, 0.2) is 0 Å². The Morgan fingerprint density at radius 3 is 2.50 bits per heavy atom. The van der Waals surface area contributed by atoms with Crippen LogP contribution in [0.1, 0.15) is 19.3 Å². The van der Waals surface area contributed by atoms with E-state index in [2.05, 4.69) is 36.4 Å². The zero-order valence-electron chi connectivity index (χ0n) is 10.7. The molecule has 1 aliphatic heterocycles. The maximum Gasteiger partial charge on any atom is 0.100 e. The summed E-state index contributed by atoms with van der Waals surface area (Å²) in [5.41, 5.74) is 0. The number of hydrogen-bond acceptors (Lipinski definition) is 3. The summed E-state index contributed by atoms with van der Waals surface area (Å²) in [6, 6.07) is 12.8. The van der Waals surface area contributed by atoms with Crippen molar-refractivity contribution in [3.8, 4) is 0 Å². The summed E-state index contributed by atoms with van der Waals surface area (Å²) in [5.74, 6) is 0. The van der Waals surface area contributed by atoms with E-state index in [1.807, 2.05) is 23.1 Å². The molecule has 0 N–H and O–H groups in total. The number of thiophene rings is 1. The Kier molecular flexibility index (Phi) is 2.28. The van der Waals surface area contributed by atoms with Crippen molar-refractivity contribution in [2.75, 3.05) is 0 Å². The fraction of sp³-hybridized carbons (Fsp3) is 0.250. The lowest BCUT2D eigenvalue weighted by Crippen LogP contribution is -2.37. The van der Waals surface area contributed by atoms with Gasteiger partial charge in [0, 0.05) is 30.0 Å². The summed E-state index contributed by atoms with van der Waals surface area (Å²) in [7, 11) is -0.903. The van der Waals surface area contributed by atoms with Crippen molar-refractivity contribution in [3.05, 3.63) is 36.4 Å². The lowest BCUT2D eigenvalue weighted by molar-refractivity contribution is 0.469. The normalized spacial score (nSPS) is 23.3. The van der Waals surface area contributed by atoms with Crippen LogP contribution in [0.15, 0.2) is 46.2 Å². The Balaban J connectivity index is 2.00. The highest BCUT2D eigenvalue weighted by Crippen LogP contribution is 2.57. The lowest BCUT2D eigenvalue weighted by atomic mass is 9.99. The van der Waals surface area contributed by atoms with Crippen molar-refractivity contribution in [2.24, 2.45) is 0 Å². The van der Waals surface area contributed by atoms with Crippen molar-refractivity contribution in [2.45, 2.75) is 33.1 Å². The highest BCUT2D eigenvalue weighted by atomic mass is 32.2. The van der Waals surface area contributed by atoms with Gasteiger partial charge in [0.25, 0.3) is 0 Å². The number of benzene rings is 2. The second-order valence-corrected chi connectivity index (χ2v) is 10.0. The van der Waals surface area contributed by atoms with Gasteiger partial charge >= 0.3 is 0 Å². The first-order valence-corrected chi connectivity index (χ1v) is 9.62. The van der Waals surface area contributed by atoms with Crippen LogP contribution in [-0.4, -0.2) is 8.29 Å². The van der Waals surface area contributed by atoms with Gasteiger partial charge in [-0.15, -0.1) is 23.1 Å². The summed E-state index contributed by atoms with van der Waals surface area (Å²) in [6.07, 6.45) is 3.35. The van der Waals surface area contributed by atoms with Crippen LogP contribution in [0.5, 0.6) is 0 Å². The average molecular weight is 316 g/mol. The third-order valence-electron chi connectivity index (χ3n) is 4.39. The summed E-state index contributed by atoms with van der Waals surface area (Å²) in [4.78, 5) is 2.39. The molecule has 4 heteroatoms. The van der Waals surface area contributed by atoms with E-state index in [1.165, 1.54) is 31.5 Å². The summed E-state index contributed by atoms with van der Waals surface area (Å²) >= 11 is 3.68. The molecule has 1 aliphatic carbocycles. The van der Waals surface area contributed by atoms with Gasteiger partial charge in [-0.1, -0.05) is 12.1 Å². The van der Waals surface area contributed by atoms with Gasteiger partial charge in [0.05, 0.1) is 10.8 Å². The van der Waals surface area contributed by atoms with Gasteiger partial charge < -0.3 is 0 Å². The number of hydrogen-bond donors (Lipinski definition) is 0. The van der Waals surface area contributed by atoms with E-state index in [9.17, 15) is 4.21 Å². The first-order valence-electron chi connectivity index (χ1n) is 6.84. The molecule has 2 aromatic carbocycles. The molecule has 0 amide bonds.